The molecular weight excluding hydrogens is 363 g/mol. The van der Waals surface area contributed by atoms with Crippen molar-refractivity contribution in [2.45, 2.75) is 19.5 Å². The highest BCUT2D eigenvalue weighted by Gasteiger charge is 2.38. The zero-order valence-electron chi connectivity index (χ0n) is 14.2. The second-order valence-corrected chi connectivity index (χ2v) is 5.59. The summed E-state index contributed by atoms with van der Waals surface area (Å²) in [6, 6.07) is 7.00. The molecule has 27 heavy (non-hydrogen) atoms. The van der Waals surface area contributed by atoms with Crippen LogP contribution in [0, 0.1) is 0 Å². The molecule has 2 aromatic heterocycles. The summed E-state index contributed by atoms with van der Waals surface area (Å²) >= 11 is 0. The number of esters is 1. The predicted octanol–water partition coefficient (Wildman–Crippen LogP) is 3.58. The van der Waals surface area contributed by atoms with Crippen molar-refractivity contribution in [2.24, 2.45) is 0 Å². The summed E-state index contributed by atoms with van der Waals surface area (Å²) in [6.07, 6.45) is -2.60. The predicted molar refractivity (Wildman–Crippen MR) is 89.4 cm³/mol. The average molecular weight is 377 g/mol. The zero-order chi connectivity index (χ0) is 19.6. The molecule has 3 aromatic rings. The van der Waals surface area contributed by atoms with Gasteiger partial charge in [-0.25, -0.2) is 4.98 Å². The minimum absolute atomic E-state index is 0.0769. The maximum Gasteiger partial charge on any atom is 0.450 e. The van der Waals surface area contributed by atoms with Gasteiger partial charge in [0, 0.05) is 17.4 Å². The maximum absolute atomic E-state index is 13.5. The average Bonchev–Trinajstić information content (AvgIpc) is 3.02. The smallest absolute Gasteiger partial charge is 0.450 e. The summed E-state index contributed by atoms with van der Waals surface area (Å²) < 4.78 is 46.0. The van der Waals surface area contributed by atoms with Crippen LogP contribution in [0.5, 0.6) is 0 Å². The Morgan fingerprint density at radius 1 is 1.22 bits per heavy atom. The van der Waals surface area contributed by atoms with E-state index in [1.165, 1.54) is 42.7 Å². The number of aromatic nitrogens is 3. The summed E-state index contributed by atoms with van der Waals surface area (Å²) in [5.41, 5.74) is 0.482. The molecule has 0 saturated carbocycles. The second-order valence-electron chi connectivity index (χ2n) is 5.59. The van der Waals surface area contributed by atoms with E-state index < -0.39 is 30.2 Å². The lowest BCUT2D eigenvalue weighted by molar-refractivity contribution is -0.145. The Labute approximate surface area is 151 Å². The third-order valence-corrected chi connectivity index (χ3v) is 3.75. The van der Waals surface area contributed by atoms with E-state index in [-0.39, 0.29) is 28.9 Å². The number of alkyl halides is 3. The number of ether oxygens (including phenoxy) is 1. The molecule has 0 atom stereocenters. The third-order valence-electron chi connectivity index (χ3n) is 3.75. The van der Waals surface area contributed by atoms with Crippen LogP contribution in [0.2, 0.25) is 0 Å². The van der Waals surface area contributed by atoms with Crippen molar-refractivity contribution in [3.05, 3.63) is 54.1 Å². The van der Waals surface area contributed by atoms with Gasteiger partial charge in [0.05, 0.1) is 18.3 Å². The van der Waals surface area contributed by atoms with Crippen molar-refractivity contribution in [1.29, 1.82) is 0 Å². The van der Waals surface area contributed by atoms with Crippen LogP contribution in [-0.4, -0.2) is 32.9 Å². The van der Waals surface area contributed by atoms with Gasteiger partial charge in [-0.2, -0.15) is 13.2 Å². The van der Waals surface area contributed by atoms with Crippen molar-refractivity contribution in [3.8, 4) is 5.69 Å². The Kier molecular flexibility index (Phi) is 4.93. The van der Waals surface area contributed by atoms with E-state index in [1.54, 1.807) is 6.92 Å². The standard InChI is InChI=1S/C18H14F3N3O3/c1-2-27-16(26)9-15(25)11-4-3-5-12(8-11)24-14-6-7-22-10-13(14)23-17(24)18(19,20)21/h3-8,10H,2,9H2,1H3. The lowest BCUT2D eigenvalue weighted by atomic mass is 10.1. The Balaban J connectivity index is 2.08. The molecule has 0 spiro atoms. The van der Waals surface area contributed by atoms with Gasteiger partial charge in [0.15, 0.2) is 5.78 Å². The van der Waals surface area contributed by atoms with Gasteiger partial charge in [-0.15, -0.1) is 0 Å². The molecule has 6 nitrogen and oxygen atoms in total. The number of hydrogen-bond acceptors (Lipinski definition) is 5. The summed E-state index contributed by atoms with van der Waals surface area (Å²) in [4.78, 5) is 31.1. The van der Waals surface area contributed by atoms with Crippen LogP contribution in [0.1, 0.15) is 29.5 Å². The molecule has 0 aliphatic heterocycles. The Morgan fingerprint density at radius 3 is 2.70 bits per heavy atom. The SMILES string of the molecule is CCOC(=O)CC(=O)c1cccc(-n2c(C(F)(F)F)nc3cnccc32)c1. The van der Waals surface area contributed by atoms with Crippen LogP contribution < -0.4 is 0 Å². The van der Waals surface area contributed by atoms with Crippen LogP contribution >= 0.6 is 0 Å². The van der Waals surface area contributed by atoms with Crippen molar-refractivity contribution in [1.82, 2.24) is 14.5 Å². The molecule has 0 saturated heterocycles. The van der Waals surface area contributed by atoms with E-state index in [2.05, 4.69) is 9.97 Å². The molecule has 0 N–H and O–H groups in total. The number of carbonyl (C=O) groups excluding carboxylic acids is 2. The topological polar surface area (TPSA) is 74.1 Å². The second kappa shape index (κ2) is 7.18. The molecule has 140 valence electrons. The summed E-state index contributed by atoms with van der Waals surface area (Å²) in [5, 5.41) is 0. The van der Waals surface area contributed by atoms with Crippen LogP contribution in [0.15, 0.2) is 42.7 Å². The maximum atomic E-state index is 13.5. The molecule has 0 radical (unpaired) electrons. The first-order chi connectivity index (χ1) is 12.8. The first-order valence-corrected chi connectivity index (χ1v) is 8.00. The van der Waals surface area contributed by atoms with E-state index >= 15 is 0 Å². The van der Waals surface area contributed by atoms with E-state index in [1.807, 2.05) is 0 Å². The van der Waals surface area contributed by atoms with Crippen molar-refractivity contribution < 1.29 is 27.5 Å². The van der Waals surface area contributed by atoms with Gasteiger partial charge in [0.1, 0.15) is 11.9 Å². The van der Waals surface area contributed by atoms with Crippen LogP contribution in [0.4, 0.5) is 13.2 Å². The summed E-state index contributed by atoms with van der Waals surface area (Å²) in [5.74, 6) is -2.36. The summed E-state index contributed by atoms with van der Waals surface area (Å²) in [7, 11) is 0. The summed E-state index contributed by atoms with van der Waals surface area (Å²) in [6.45, 7) is 1.75. The molecular formula is C18H14F3N3O3. The van der Waals surface area contributed by atoms with Crippen LogP contribution in [-0.2, 0) is 15.7 Å². The van der Waals surface area contributed by atoms with Gasteiger partial charge < -0.3 is 4.74 Å². The number of nitrogens with zero attached hydrogens (tertiary/aromatic N) is 3. The number of imidazole rings is 1. The minimum atomic E-state index is -4.70. The third kappa shape index (κ3) is 3.81. The Morgan fingerprint density at radius 2 is 2.00 bits per heavy atom. The number of halogens is 3. The van der Waals surface area contributed by atoms with Crippen molar-refractivity contribution in [3.63, 3.8) is 0 Å². The largest absolute Gasteiger partial charge is 0.466 e. The Hall–Kier alpha value is -3.23. The number of ketones is 1. The van der Waals surface area contributed by atoms with Gasteiger partial charge in [-0.05, 0) is 25.1 Å². The minimum Gasteiger partial charge on any atom is -0.466 e. The fourth-order valence-corrected chi connectivity index (χ4v) is 2.65. The van der Waals surface area contributed by atoms with Crippen molar-refractivity contribution >= 4 is 22.8 Å². The highest BCUT2D eigenvalue weighted by Crippen LogP contribution is 2.33. The van der Waals surface area contributed by atoms with E-state index in [4.69, 9.17) is 4.74 Å². The van der Waals surface area contributed by atoms with Gasteiger partial charge in [-0.3, -0.25) is 19.1 Å². The lowest BCUT2D eigenvalue weighted by Crippen LogP contribution is -2.15. The zero-order valence-corrected chi connectivity index (χ0v) is 14.2. The number of benzene rings is 1. The van der Waals surface area contributed by atoms with E-state index in [0.717, 1.165) is 4.57 Å². The number of fused-ring (bicyclic) bond motifs is 1. The molecule has 3 rings (SSSR count). The molecule has 0 aliphatic rings. The molecule has 0 aliphatic carbocycles. The molecule has 0 amide bonds. The van der Waals surface area contributed by atoms with E-state index in [0.29, 0.717) is 0 Å². The van der Waals surface area contributed by atoms with Crippen molar-refractivity contribution in [2.75, 3.05) is 6.61 Å². The number of Topliss-reactive ketones (excluding diaryl/α,β-unsaturated/α-hetero) is 1. The molecule has 9 heteroatoms. The van der Waals surface area contributed by atoms with Gasteiger partial charge in [-0.1, -0.05) is 12.1 Å². The fourth-order valence-electron chi connectivity index (χ4n) is 2.65. The molecule has 1 aromatic carbocycles. The number of hydrogen-bond donors (Lipinski definition) is 0. The first kappa shape index (κ1) is 18.6. The van der Waals surface area contributed by atoms with E-state index in [9.17, 15) is 22.8 Å². The highest BCUT2D eigenvalue weighted by molar-refractivity contribution is 6.06. The molecule has 0 fully saturated rings. The van der Waals surface area contributed by atoms with Gasteiger partial charge in [0.2, 0.25) is 5.82 Å². The monoisotopic (exact) mass is 377 g/mol. The Bertz CT molecular complexity index is 1010. The number of pyridine rings is 1. The highest BCUT2D eigenvalue weighted by atomic mass is 19.4. The van der Waals surface area contributed by atoms with Crippen LogP contribution in [0.3, 0.4) is 0 Å². The fraction of sp³-hybridized carbons (Fsp3) is 0.222. The first-order valence-electron chi connectivity index (χ1n) is 8.00. The number of carbonyl (C=O) groups is 2. The van der Waals surface area contributed by atoms with Gasteiger partial charge in [0.25, 0.3) is 0 Å². The quantitative estimate of drug-likeness (QED) is 0.386. The van der Waals surface area contributed by atoms with Crippen LogP contribution in [0.25, 0.3) is 16.7 Å². The van der Waals surface area contributed by atoms with Gasteiger partial charge >= 0.3 is 12.1 Å². The molecule has 0 bridgehead atoms. The normalized spacial score (nSPS) is 11.6. The molecule has 2 heterocycles. The number of rotatable bonds is 5. The molecule has 0 unspecified atom stereocenters. The lowest BCUT2D eigenvalue weighted by Gasteiger charge is -2.12.